The fourth-order valence-corrected chi connectivity index (χ4v) is 12.7. The van der Waals surface area contributed by atoms with Crippen molar-refractivity contribution in [2.24, 2.45) is 5.92 Å². The Kier molecular flexibility index (Phi) is 11.7. The number of nitrogens with zero attached hydrogens (tertiary/aromatic N) is 3. The first-order chi connectivity index (χ1) is 28.9. The molecule has 4 aromatic carbocycles. The molecule has 1 fully saturated rings. The van der Waals surface area contributed by atoms with Crippen LogP contribution in [0.5, 0.6) is 5.75 Å². The summed E-state index contributed by atoms with van der Waals surface area (Å²) in [6.07, 6.45) is 1.15. The van der Waals surface area contributed by atoms with E-state index in [9.17, 15) is 19.8 Å². The molecule has 13 heteroatoms. The number of halogens is 1. The molecule has 0 saturated carbocycles. The Labute approximate surface area is 352 Å². The number of carbonyl (C=O) groups excluding carboxylic acids is 3. The van der Waals surface area contributed by atoms with Gasteiger partial charge in [0.25, 0.3) is 5.91 Å². The lowest BCUT2D eigenvalue weighted by molar-refractivity contribution is -0.150. The molecule has 60 heavy (non-hydrogen) atoms. The maximum absolute atomic E-state index is 16.9. The Morgan fingerprint density at radius 3 is 2.35 bits per heavy atom. The van der Waals surface area contributed by atoms with Gasteiger partial charge in [-0.1, -0.05) is 49.4 Å². The molecule has 11 nitrogen and oxygen atoms in total. The Balaban J connectivity index is 1.22. The van der Waals surface area contributed by atoms with Crippen molar-refractivity contribution in [2.45, 2.75) is 94.9 Å². The highest BCUT2D eigenvalue weighted by molar-refractivity contribution is 6.72. The van der Waals surface area contributed by atoms with Crippen LogP contribution in [0.3, 0.4) is 0 Å². The van der Waals surface area contributed by atoms with Crippen molar-refractivity contribution < 1.29 is 38.2 Å². The highest BCUT2D eigenvalue weighted by Crippen LogP contribution is 2.62. The van der Waals surface area contributed by atoms with Crippen molar-refractivity contribution in [3.63, 3.8) is 0 Å². The molecule has 4 aromatic rings. The average Bonchev–Trinajstić information content (AvgIpc) is 3.68. The number of nitrogens with one attached hydrogen (secondary N) is 1. The van der Waals surface area contributed by atoms with Crippen LogP contribution in [0, 0.1) is 5.92 Å². The molecular weight excluding hydrogens is 780 g/mol. The number of aliphatic hydroxyl groups excluding tert-OH is 2. The Bertz CT molecular complexity index is 2250. The highest BCUT2D eigenvalue weighted by Gasteiger charge is 2.67. The van der Waals surface area contributed by atoms with Crippen molar-refractivity contribution in [1.82, 2.24) is 10.2 Å². The van der Waals surface area contributed by atoms with Gasteiger partial charge in [0, 0.05) is 41.5 Å². The summed E-state index contributed by atoms with van der Waals surface area (Å²) < 4.78 is 29.9. The summed E-state index contributed by atoms with van der Waals surface area (Å²) in [6, 6.07) is 27.3. The van der Waals surface area contributed by atoms with Gasteiger partial charge in [0.1, 0.15) is 5.75 Å². The lowest BCUT2D eigenvalue weighted by Gasteiger charge is -2.37. The van der Waals surface area contributed by atoms with Crippen molar-refractivity contribution in [1.29, 1.82) is 0 Å². The number of hydrogen-bond acceptors (Lipinski definition) is 8. The third-order valence-corrected chi connectivity index (χ3v) is 15.4. The SMILES string of the molecule is CCOc1ccc2c(c1)CC(NCCCCO)C(=O)N2c1ccc2c(c1)[C@]1(O[C@@H](CC(=O)N3Cc4ccccc4C[C@H]3CO)[C@H]([Si](C)(C)F)[C@H]1C)C(=O)N2c1ccccc1. The molecule has 0 bridgehead atoms. The van der Waals surface area contributed by atoms with E-state index in [1.165, 1.54) is 0 Å². The Hall–Kier alpha value is -4.92. The van der Waals surface area contributed by atoms with E-state index >= 15 is 8.90 Å². The molecule has 3 amide bonds. The third kappa shape index (κ3) is 7.34. The van der Waals surface area contributed by atoms with E-state index in [0.717, 1.165) is 16.7 Å². The van der Waals surface area contributed by atoms with E-state index in [-0.39, 0.29) is 37.4 Å². The molecule has 0 aliphatic carbocycles. The van der Waals surface area contributed by atoms with Crippen LogP contribution in [0.4, 0.5) is 26.9 Å². The Morgan fingerprint density at radius 2 is 1.63 bits per heavy atom. The van der Waals surface area contributed by atoms with Crippen LogP contribution >= 0.6 is 0 Å². The quantitative estimate of drug-likeness (QED) is 0.0760. The van der Waals surface area contributed by atoms with E-state index in [1.54, 1.807) is 27.8 Å². The second-order valence-corrected chi connectivity index (χ2v) is 20.8. The summed E-state index contributed by atoms with van der Waals surface area (Å²) in [6.45, 7) is 8.20. The topological polar surface area (TPSA) is 132 Å². The molecule has 3 N–H and O–H groups in total. The number of rotatable bonds is 13. The first-order valence-electron chi connectivity index (χ1n) is 21.2. The van der Waals surface area contributed by atoms with Gasteiger partial charge in [0.05, 0.1) is 49.2 Å². The number of amides is 3. The van der Waals surface area contributed by atoms with Gasteiger partial charge in [-0.3, -0.25) is 24.2 Å². The van der Waals surface area contributed by atoms with E-state index < -0.39 is 43.7 Å². The van der Waals surface area contributed by atoms with Gasteiger partial charge < -0.3 is 34.0 Å². The van der Waals surface area contributed by atoms with Crippen LogP contribution in [0.1, 0.15) is 55.4 Å². The highest BCUT2D eigenvalue weighted by atomic mass is 28.4. The average molecular weight is 835 g/mol. The van der Waals surface area contributed by atoms with Crippen LogP contribution in [0.15, 0.2) is 91.0 Å². The molecule has 1 spiro atoms. The first kappa shape index (κ1) is 41.8. The van der Waals surface area contributed by atoms with E-state index in [2.05, 4.69) is 5.32 Å². The molecule has 4 heterocycles. The van der Waals surface area contributed by atoms with Gasteiger partial charge in [-0.05, 0) is 117 Å². The fourth-order valence-electron chi connectivity index (χ4n) is 10.2. The van der Waals surface area contributed by atoms with E-state index in [1.807, 2.05) is 105 Å². The lowest BCUT2D eigenvalue weighted by atomic mass is 9.82. The molecule has 4 aliphatic heterocycles. The molecule has 6 atom stereocenters. The van der Waals surface area contributed by atoms with Crippen LogP contribution in [-0.4, -0.2) is 85.8 Å². The summed E-state index contributed by atoms with van der Waals surface area (Å²) in [5, 5.41) is 23.2. The molecule has 1 saturated heterocycles. The number of hydrogen-bond donors (Lipinski definition) is 3. The number of fused-ring (bicyclic) bond motifs is 4. The first-order valence-corrected chi connectivity index (χ1v) is 24.2. The molecule has 8 rings (SSSR count). The number of benzene rings is 4. The minimum atomic E-state index is -3.66. The summed E-state index contributed by atoms with van der Waals surface area (Å²) in [7, 11) is -3.66. The Morgan fingerprint density at radius 1 is 0.900 bits per heavy atom. The third-order valence-electron chi connectivity index (χ3n) is 12.9. The van der Waals surface area contributed by atoms with Gasteiger partial charge in [0.15, 0.2) is 5.60 Å². The molecule has 1 unspecified atom stereocenters. The summed E-state index contributed by atoms with van der Waals surface area (Å²) >= 11 is 0. The number of anilines is 4. The molecular formula is C47H55FN4O7Si. The number of unbranched alkanes of at least 4 members (excludes halogenated alkanes) is 1. The van der Waals surface area contributed by atoms with E-state index in [0.29, 0.717) is 79.4 Å². The maximum atomic E-state index is 16.9. The number of ether oxygens (including phenoxy) is 2. The lowest BCUT2D eigenvalue weighted by Crippen LogP contribution is -2.49. The number of aliphatic hydroxyl groups is 2. The summed E-state index contributed by atoms with van der Waals surface area (Å²) in [5.74, 6) is -0.804. The second kappa shape index (κ2) is 16.9. The minimum Gasteiger partial charge on any atom is -0.494 e. The number of carbonyl (C=O) groups is 3. The largest absolute Gasteiger partial charge is 0.494 e. The zero-order chi connectivity index (χ0) is 42.3. The van der Waals surface area contributed by atoms with Crippen LogP contribution < -0.4 is 19.9 Å². The fraction of sp³-hybridized carbons (Fsp3) is 0.426. The monoisotopic (exact) mass is 834 g/mol. The van der Waals surface area contributed by atoms with Crippen molar-refractivity contribution in [3.05, 3.63) is 113 Å². The van der Waals surface area contributed by atoms with Crippen LogP contribution in [0.25, 0.3) is 0 Å². The zero-order valence-electron chi connectivity index (χ0n) is 34.8. The van der Waals surface area contributed by atoms with Crippen molar-refractivity contribution in [2.75, 3.05) is 36.2 Å². The smallest absolute Gasteiger partial charge is 0.268 e. The number of para-hydroxylation sites is 1. The van der Waals surface area contributed by atoms with Crippen LogP contribution in [0.2, 0.25) is 18.6 Å². The van der Waals surface area contributed by atoms with Gasteiger partial charge in [-0.25, -0.2) is 0 Å². The normalized spacial score (nSPS) is 24.8. The van der Waals surface area contributed by atoms with Crippen molar-refractivity contribution in [3.8, 4) is 5.75 Å². The molecule has 0 radical (unpaired) electrons. The summed E-state index contributed by atoms with van der Waals surface area (Å²) in [4.78, 5) is 49.3. The van der Waals surface area contributed by atoms with E-state index in [4.69, 9.17) is 9.47 Å². The van der Waals surface area contributed by atoms with Crippen LogP contribution in [-0.2, 0) is 44.1 Å². The molecule has 4 aliphatic rings. The standard InChI is InChI=1S/C47H55FN4O7Si/c1-5-58-37-18-20-40-33(24-37)25-39(49-21-11-12-22-53)45(56)51(40)35-17-19-41-38(26-35)47(46(57)52(41)34-15-7-6-8-16-34)30(2)44(60(3,4)48)42(59-47)27-43(55)50-28-32-14-10-9-13-31(32)23-36(50)29-54/h6-10,13-20,24,26,30,36,39,42,44,49,53-54H,5,11-12,21-23,25,27-29H2,1-4H3/t30-,36+,39?,42+,44-,47+/m1/s1. The van der Waals surface area contributed by atoms with Gasteiger partial charge in [0.2, 0.25) is 20.2 Å². The minimum absolute atomic E-state index is 0.0664. The molecule has 0 aromatic heterocycles. The van der Waals surface area contributed by atoms with Gasteiger partial charge >= 0.3 is 0 Å². The van der Waals surface area contributed by atoms with Crippen molar-refractivity contribution >= 4 is 48.9 Å². The predicted octanol–water partition coefficient (Wildman–Crippen LogP) is 6.83. The second-order valence-electron chi connectivity index (χ2n) is 17.0. The maximum Gasteiger partial charge on any atom is 0.268 e. The van der Waals surface area contributed by atoms with Gasteiger partial charge in [-0.2, -0.15) is 0 Å². The predicted molar refractivity (Wildman–Crippen MR) is 231 cm³/mol. The molecule has 316 valence electrons. The van der Waals surface area contributed by atoms with Gasteiger partial charge in [-0.15, -0.1) is 0 Å². The summed E-state index contributed by atoms with van der Waals surface area (Å²) in [5.41, 5.74) is 3.47. The zero-order valence-corrected chi connectivity index (χ0v) is 35.8.